The maximum absolute atomic E-state index is 11.4. The number of aryl methyl sites for hydroxylation is 1. The van der Waals surface area contributed by atoms with E-state index in [-0.39, 0.29) is 18.3 Å². The standard InChI is InChI=1S/C43H50N2O9S2/c1-31-18-20-32(21-19-31)54-41-37(22-24-39-42(2,3)33-14-6-8-16-35(33)44(39)26-10-12-28-55(46,47)48)52-30-53-38(41)23-25-40-43(4,5)34-15-7-9-17-36(34)45(40)27-11-13-29-56(49,50)51/h6-9,14-25H,10-13,26-30H2,1-5H3,(H-,46,47,48,49,50,51)/p+1. The molecule has 3 heterocycles. The van der Waals surface area contributed by atoms with E-state index in [9.17, 15) is 25.9 Å². The fourth-order valence-corrected chi connectivity index (χ4v) is 8.80. The number of anilines is 1. The average Bonchev–Trinajstić information content (AvgIpc) is 3.49. The van der Waals surface area contributed by atoms with Gasteiger partial charge in [0.05, 0.1) is 16.9 Å². The van der Waals surface area contributed by atoms with Gasteiger partial charge < -0.3 is 19.1 Å². The Hall–Kier alpha value is -4.69. The van der Waals surface area contributed by atoms with Gasteiger partial charge in [0.2, 0.25) is 18.2 Å². The Morgan fingerprint density at radius 1 is 0.768 bits per heavy atom. The monoisotopic (exact) mass is 803 g/mol. The first-order chi connectivity index (χ1) is 26.5. The summed E-state index contributed by atoms with van der Waals surface area (Å²) in [6, 6.07) is 24.0. The molecule has 0 saturated heterocycles. The van der Waals surface area contributed by atoms with E-state index < -0.39 is 31.1 Å². The molecule has 6 rings (SSSR count). The highest BCUT2D eigenvalue weighted by atomic mass is 32.2. The second-order valence-electron chi connectivity index (χ2n) is 15.4. The van der Waals surface area contributed by atoms with Crippen molar-refractivity contribution in [2.75, 3.05) is 36.3 Å². The van der Waals surface area contributed by atoms with Crippen molar-refractivity contribution in [2.45, 2.75) is 71.1 Å². The molecule has 0 bridgehead atoms. The van der Waals surface area contributed by atoms with Crippen molar-refractivity contribution in [3.8, 4) is 5.75 Å². The van der Waals surface area contributed by atoms with Crippen LogP contribution in [0.25, 0.3) is 0 Å². The van der Waals surface area contributed by atoms with Gasteiger partial charge >= 0.3 is 0 Å². The van der Waals surface area contributed by atoms with Gasteiger partial charge in [0.25, 0.3) is 20.2 Å². The quantitative estimate of drug-likeness (QED) is 0.0879. The van der Waals surface area contributed by atoms with Crippen molar-refractivity contribution in [1.29, 1.82) is 0 Å². The molecule has 3 aromatic carbocycles. The fraction of sp³-hybridized carbons (Fsp3) is 0.372. The SMILES string of the molecule is Cc1ccc(OC2=C(/C=C/C3=[N+](CCCCS(=O)(=O)O)c4ccccc4C3(C)C)OCO/C2=C\C=C2\N(CCCCS(=O)(=O)O)c3ccccc3C2(C)C)cc1. The Labute approximate surface area is 330 Å². The van der Waals surface area contributed by atoms with Crippen LogP contribution in [0.15, 0.2) is 120 Å². The number of fused-ring (bicyclic) bond motifs is 2. The van der Waals surface area contributed by atoms with Crippen molar-refractivity contribution in [3.63, 3.8) is 0 Å². The topological polar surface area (TPSA) is 143 Å². The van der Waals surface area contributed by atoms with Crippen LogP contribution in [-0.4, -0.2) is 67.6 Å². The van der Waals surface area contributed by atoms with E-state index in [1.807, 2.05) is 79.8 Å². The lowest BCUT2D eigenvalue weighted by Crippen LogP contribution is -2.28. The van der Waals surface area contributed by atoms with E-state index in [0.29, 0.717) is 61.8 Å². The van der Waals surface area contributed by atoms with Crippen molar-refractivity contribution in [3.05, 3.63) is 137 Å². The van der Waals surface area contributed by atoms with Gasteiger partial charge in [-0.3, -0.25) is 9.11 Å². The molecule has 0 atom stereocenters. The number of allylic oxidation sites excluding steroid dienone is 5. The first-order valence-electron chi connectivity index (χ1n) is 18.8. The summed E-state index contributed by atoms with van der Waals surface area (Å²) >= 11 is 0. The molecule has 0 spiro atoms. The molecule has 0 amide bonds. The van der Waals surface area contributed by atoms with E-state index in [0.717, 1.165) is 39.5 Å². The first kappa shape index (κ1) is 41.0. The largest absolute Gasteiger partial charge is 0.453 e. The van der Waals surface area contributed by atoms with Crippen LogP contribution in [-0.2, 0) is 40.5 Å². The Morgan fingerprint density at radius 2 is 1.41 bits per heavy atom. The van der Waals surface area contributed by atoms with E-state index in [1.54, 1.807) is 0 Å². The molecule has 0 aliphatic carbocycles. The van der Waals surface area contributed by atoms with Gasteiger partial charge in [-0.1, -0.05) is 67.9 Å². The molecule has 0 fully saturated rings. The summed E-state index contributed by atoms with van der Waals surface area (Å²) in [5, 5.41) is 0. The summed E-state index contributed by atoms with van der Waals surface area (Å²) in [6.45, 7) is 11.7. The van der Waals surface area contributed by atoms with Gasteiger partial charge in [-0.25, -0.2) is 0 Å². The Kier molecular flexibility index (Phi) is 12.0. The zero-order valence-corrected chi connectivity index (χ0v) is 34.2. The number of unbranched alkanes of at least 4 members (excludes halogenated alkanes) is 2. The molecule has 0 saturated carbocycles. The van der Waals surface area contributed by atoms with E-state index in [4.69, 9.17) is 14.2 Å². The third-order valence-electron chi connectivity index (χ3n) is 10.6. The van der Waals surface area contributed by atoms with Crippen LogP contribution in [0.5, 0.6) is 5.75 Å². The van der Waals surface area contributed by atoms with Crippen LogP contribution in [0.4, 0.5) is 11.4 Å². The second kappa shape index (κ2) is 16.4. The molecule has 298 valence electrons. The van der Waals surface area contributed by atoms with Crippen LogP contribution in [0.3, 0.4) is 0 Å². The zero-order chi connectivity index (χ0) is 40.3. The highest BCUT2D eigenvalue weighted by Crippen LogP contribution is 2.48. The molecule has 0 radical (unpaired) electrons. The summed E-state index contributed by atoms with van der Waals surface area (Å²) < 4.78 is 85.4. The maximum Gasteiger partial charge on any atom is 0.264 e. The van der Waals surface area contributed by atoms with Crippen LogP contribution >= 0.6 is 0 Å². The summed E-state index contributed by atoms with van der Waals surface area (Å²) in [5.41, 5.74) is 6.64. The normalized spacial score (nSPS) is 19.1. The molecule has 3 aliphatic heterocycles. The first-order valence-corrected chi connectivity index (χ1v) is 22.0. The minimum atomic E-state index is -4.05. The molecule has 0 unspecified atom stereocenters. The third kappa shape index (κ3) is 9.29. The number of para-hydroxylation sites is 2. The fourth-order valence-electron chi connectivity index (χ4n) is 7.66. The predicted octanol–water partition coefficient (Wildman–Crippen LogP) is 8.12. The number of hydrogen-bond donors (Lipinski definition) is 2. The summed E-state index contributed by atoms with van der Waals surface area (Å²) in [7, 11) is -8.11. The average molecular weight is 804 g/mol. The highest BCUT2D eigenvalue weighted by Gasteiger charge is 2.44. The summed E-state index contributed by atoms with van der Waals surface area (Å²) in [5.74, 6) is 1.32. The van der Waals surface area contributed by atoms with Gasteiger partial charge in [0.15, 0.2) is 17.2 Å². The number of rotatable bonds is 15. The molecular formula is C43H51N2O9S2+. The van der Waals surface area contributed by atoms with E-state index in [2.05, 4.69) is 61.4 Å². The number of hydrogen-bond acceptors (Lipinski definition) is 8. The lowest BCUT2D eigenvalue weighted by atomic mass is 9.81. The lowest BCUT2D eigenvalue weighted by molar-refractivity contribution is -0.438. The second-order valence-corrected chi connectivity index (χ2v) is 18.5. The van der Waals surface area contributed by atoms with Crippen molar-refractivity contribution in [1.82, 2.24) is 0 Å². The minimum absolute atomic E-state index is 0.0588. The molecular weight excluding hydrogens is 753 g/mol. The molecule has 2 N–H and O–H groups in total. The maximum atomic E-state index is 11.4. The Bertz CT molecular complexity index is 2340. The van der Waals surface area contributed by atoms with Crippen molar-refractivity contribution >= 4 is 37.3 Å². The number of ether oxygens (including phenoxy) is 3. The van der Waals surface area contributed by atoms with Gasteiger partial charge in [-0.2, -0.15) is 21.4 Å². The predicted molar refractivity (Wildman–Crippen MR) is 219 cm³/mol. The lowest BCUT2D eigenvalue weighted by Gasteiger charge is -2.27. The number of nitrogens with zero attached hydrogens (tertiary/aromatic N) is 2. The molecule has 3 aliphatic rings. The van der Waals surface area contributed by atoms with Gasteiger partial charge in [-0.05, 0) is 82.0 Å². The molecule has 0 aromatic heterocycles. The van der Waals surface area contributed by atoms with Crippen LogP contribution in [0.1, 0.15) is 70.1 Å². The van der Waals surface area contributed by atoms with Gasteiger partial charge in [-0.15, -0.1) is 0 Å². The Balaban J connectivity index is 1.40. The van der Waals surface area contributed by atoms with Crippen molar-refractivity contribution in [2.24, 2.45) is 0 Å². The van der Waals surface area contributed by atoms with Gasteiger partial charge in [0, 0.05) is 47.5 Å². The van der Waals surface area contributed by atoms with Crippen LogP contribution in [0, 0.1) is 6.92 Å². The number of benzene rings is 3. The van der Waals surface area contributed by atoms with Crippen molar-refractivity contribution < 1.29 is 44.7 Å². The van der Waals surface area contributed by atoms with E-state index >= 15 is 0 Å². The highest BCUT2D eigenvalue weighted by molar-refractivity contribution is 7.86. The smallest absolute Gasteiger partial charge is 0.264 e. The summed E-state index contributed by atoms with van der Waals surface area (Å²) in [4.78, 5) is 2.20. The van der Waals surface area contributed by atoms with Crippen LogP contribution in [0.2, 0.25) is 0 Å². The van der Waals surface area contributed by atoms with Crippen LogP contribution < -0.4 is 9.64 Å². The molecule has 11 nitrogen and oxygen atoms in total. The summed E-state index contributed by atoms with van der Waals surface area (Å²) in [6.07, 6.45) is 9.55. The van der Waals surface area contributed by atoms with Gasteiger partial charge in [0.1, 0.15) is 12.3 Å². The third-order valence-corrected chi connectivity index (χ3v) is 12.2. The minimum Gasteiger partial charge on any atom is -0.453 e. The molecule has 13 heteroatoms. The van der Waals surface area contributed by atoms with E-state index in [1.165, 1.54) is 0 Å². The Morgan fingerprint density at radius 3 is 2.11 bits per heavy atom. The molecule has 3 aromatic rings. The molecule has 56 heavy (non-hydrogen) atoms. The zero-order valence-electron chi connectivity index (χ0n) is 32.6.